The van der Waals surface area contributed by atoms with Crippen LogP contribution in [0.15, 0.2) is 70.0 Å². The van der Waals surface area contributed by atoms with Crippen LogP contribution in [0.25, 0.3) is 6.08 Å². The molecule has 1 fully saturated rings. The Labute approximate surface area is 182 Å². The van der Waals surface area contributed by atoms with E-state index in [4.69, 9.17) is 16.7 Å². The highest BCUT2D eigenvalue weighted by Crippen LogP contribution is 2.46. The Morgan fingerprint density at radius 3 is 2.76 bits per heavy atom. The van der Waals surface area contributed by atoms with E-state index >= 15 is 0 Å². The monoisotopic (exact) mass is 438 g/mol. The SMILES string of the molecule is O=C(c1cccc(Cl)c1)N1N=C2/C(=C/c3cccs3)CCC[C@H]2[C@H]1c1cccs1. The first-order valence-electron chi connectivity index (χ1n) is 9.66. The zero-order valence-corrected chi connectivity index (χ0v) is 18.0. The van der Waals surface area contributed by atoms with Crippen molar-refractivity contribution in [2.24, 2.45) is 11.0 Å². The van der Waals surface area contributed by atoms with Crippen molar-refractivity contribution in [1.29, 1.82) is 0 Å². The van der Waals surface area contributed by atoms with Crippen LogP contribution < -0.4 is 0 Å². The van der Waals surface area contributed by atoms with E-state index in [1.165, 1.54) is 15.3 Å². The van der Waals surface area contributed by atoms with Crippen molar-refractivity contribution in [2.45, 2.75) is 25.3 Å². The number of carbonyl (C=O) groups is 1. The lowest BCUT2D eigenvalue weighted by Gasteiger charge is -2.28. The summed E-state index contributed by atoms with van der Waals surface area (Å²) in [5.41, 5.74) is 2.90. The van der Waals surface area contributed by atoms with Crippen molar-refractivity contribution < 1.29 is 4.79 Å². The number of fused-ring (bicyclic) bond motifs is 1. The third-order valence-electron chi connectivity index (χ3n) is 5.48. The molecule has 0 saturated heterocycles. The van der Waals surface area contributed by atoms with Crippen LogP contribution in [-0.4, -0.2) is 16.6 Å². The van der Waals surface area contributed by atoms with Gasteiger partial charge in [-0.05, 0) is 72.0 Å². The van der Waals surface area contributed by atoms with Crippen molar-refractivity contribution in [1.82, 2.24) is 5.01 Å². The first-order valence-corrected chi connectivity index (χ1v) is 11.8. The molecule has 6 heteroatoms. The van der Waals surface area contributed by atoms with E-state index in [9.17, 15) is 4.79 Å². The molecule has 2 aliphatic rings. The number of hydrogen-bond donors (Lipinski definition) is 0. The number of benzene rings is 1. The van der Waals surface area contributed by atoms with Crippen LogP contribution in [0.2, 0.25) is 5.02 Å². The van der Waals surface area contributed by atoms with Gasteiger partial charge in [-0.1, -0.05) is 29.8 Å². The van der Waals surface area contributed by atoms with E-state index in [0.717, 1.165) is 25.0 Å². The van der Waals surface area contributed by atoms with E-state index in [2.05, 4.69) is 35.0 Å². The molecule has 0 unspecified atom stereocenters. The molecule has 1 amide bonds. The number of rotatable bonds is 3. The number of allylic oxidation sites excluding steroid dienone is 1. The molecule has 3 nitrogen and oxygen atoms in total. The summed E-state index contributed by atoms with van der Waals surface area (Å²) in [6.45, 7) is 0. The van der Waals surface area contributed by atoms with Crippen LogP contribution in [0.5, 0.6) is 0 Å². The Balaban J connectivity index is 1.57. The second kappa shape index (κ2) is 7.90. The number of nitrogens with zero attached hydrogens (tertiary/aromatic N) is 2. The van der Waals surface area contributed by atoms with Gasteiger partial charge >= 0.3 is 0 Å². The molecular weight excluding hydrogens is 420 g/mol. The molecule has 1 aliphatic heterocycles. The second-order valence-electron chi connectivity index (χ2n) is 7.29. The van der Waals surface area contributed by atoms with Crippen molar-refractivity contribution in [3.8, 4) is 0 Å². The number of hydrogen-bond acceptors (Lipinski definition) is 4. The molecule has 5 rings (SSSR count). The molecule has 3 heterocycles. The van der Waals surface area contributed by atoms with Crippen LogP contribution in [0.1, 0.15) is 45.4 Å². The van der Waals surface area contributed by atoms with Gasteiger partial charge in [0.2, 0.25) is 0 Å². The van der Waals surface area contributed by atoms with E-state index < -0.39 is 0 Å². The Morgan fingerprint density at radius 1 is 1.14 bits per heavy atom. The standard InChI is InChI=1S/C23H19ClN2OS2/c24-17-7-1-6-16(13-17)23(27)26-22(20-10-4-12-29-20)19-9-2-5-15(21(19)25-26)14-18-8-3-11-28-18/h1,3-4,6-8,10-14,19,22H,2,5,9H2/b15-14+/t19-,22+/m1/s1. The predicted molar refractivity (Wildman–Crippen MR) is 122 cm³/mol. The molecule has 146 valence electrons. The molecule has 29 heavy (non-hydrogen) atoms. The topological polar surface area (TPSA) is 32.7 Å². The number of carbonyl (C=O) groups excluding carboxylic acids is 1. The molecule has 0 bridgehead atoms. The number of halogens is 1. The number of amides is 1. The van der Waals surface area contributed by atoms with Crippen LogP contribution in [0.4, 0.5) is 0 Å². The summed E-state index contributed by atoms with van der Waals surface area (Å²) >= 11 is 9.57. The smallest absolute Gasteiger partial charge is 0.267 e. The summed E-state index contributed by atoms with van der Waals surface area (Å²) in [7, 11) is 0. The highest BCUT2D eigenvalue weighted by Gasteiger charge is 2.44. The third kappa shape index (κ3) is 3.59. The summed E-state index contributed by atoms with van der Waals surface area (Å²) in [4.78, 5) is 15.8. The maximum absolute atomic E-state index is 13.4. The van der Waals surface area contributed by atoms with E-state index in [0.29, 0.717) is 10.6 Å². The molecule has 1 aromatic carbocycles. The van der Waals surface area contributed by atoms with Gasteiger partial charge < -0.3 is 0 Å². The van der Waals surface area contributed by atoms with E-state index in [-0.39, 0.29) is 17.9 Å². The van der Waals surface area contributed by atoms with E-state index in [1.807, 2.05) is 18.2 Å². The summed E-state index contributed by atoms with van der Waals surface area (Å²) in [6, 6.07) is 15.4. The minimum absolute atomic E-state index is 0.0523. The molecule has 2 atom stereocenters. The van der Waals surface area contributed by atoms with Crippen molar-refractivity contribution in [3.05, 3.63) is 85.2 Å². The fraction of sp³-hybridized carbons (Fsp3) is 0.217. The van der Waals surface area contributed by atoms with Crippen LogP contribution >= 0.6 is 34.3 Å². The largest absolute Gasteiger partial charge is 0.274 e. The van der Waals surface area contributed by atoms with Crippen molar-refractivity contribution in [3.63, 3.8) is 0 Å². The molecule has 0 N–H and O–H groups in total. The lowest BCUT2D eigenvalue weighted by atomic mass is 9.79. The van der Waals surface area contributed by atoms with E-state index in [1.54, 1.807) is 39.8 Å². The van der Waals surface area contributed by atoms with Gasteiger partial charge in [0.1, 0.15) is 0 Å². The number of hydrazone groups is 1. The van der Waals surface area contributed by atoms with Gasteiger partial charge in [-0.15, -0.1) is 22.7 Å². The fourth-order valence-electron chi connectivity index (χ4n) is 4.20. The Hall–Kier alpha value is -2.21. The first kappa shape index (κ1) is 18.8. The fourth-order valence-corrected chi connectivity index (χ4v) is 5.95. The Bertz CT molecular complexity index is 1090. The highest BCUT2D eigenvalue weighted by atomic mass is 35.5. The van der Waals surface area contributed by atoms with Gasteiger partial charge in [-0.2, -0.15) is 5.10 Å². The summed E-state index contributed by atoms with van der Waals surface area (Å²) < 4.78 is 0. The zero-order valence-electron chi connectivity index (χ0n) is 15.6. The Kier molecular flexibility index (Phi) is 5.12. The van der Waals surface area contributed by atoms with Gasteiger partial charge in [-0.25, -0.2) is 5.01 Å². The average molecular weight is 439 g/mol. The molecular formula is C23H19ClN2OS2. The lowest BCUT2D eigenvalue weighted by molar-refractivity contribution is 0.0684. The van der Waals surface area contributed by atoms with Gasteiger partial charge in [0.25, 0.3) is 5.91 Å². The minimum atomic E-state index is -0.0942. The van der Waals surface area contributed by atoms with Crippen LogP contribution in [-0.2, 0) is 0 Å². The summed E-state index contributed by atoms with van der Waals surface area (Å²) in [5.74, 6) is 0.139. The summed E-state index contributed by atoms with van der Waals surface area (Å²) in [6.07, 6.45) is 5.41. The molecule has 1 saturated carbocycles. The molecule has 2 aromatic heterocycles. The number of thiophene rings is 2. The summed E-state index contributed by atoms with van der Waals surface area (Å²) in [5, 5.41) is 11.3. The van der Waals surface area contributed by atoms with Crippen molar-refractivity contribution in [2.75, 3.05) is 0 Å². The van der Waals surface area contributed by atoms with Gasteiger partial charge in [0.05, 0.1) is 11.8 Å². The Morgan fingerprint density at radius 2 is 2.00 bits per heavy atom. The molecule has 0 radical (unpaired) electrons. The van der Waals surface area contributed by atoms with Gasteiger partial charge in [-0.3, -0.25) is 4.79 Å². The second-order valence-corrected chi connectivity index (χ2v) is 9.68. The first-order chi connectivity index (χ1) is 14.2. The van der Waals surface area contributed by atoms with Crippen LogP contribution in [0.3, 0.4) is 0 Å². The predicted octanol–water partition coefficient (Wildman–Crippen LogP) is 6.90. The average Bonchev–Trinajstić information content (AvgIpc) is 3.48. The van der Waals surface area contributed by atoms with Gasteiger partial charge in [0.15, 0.2) is 0 Å². The minimum Gasteiger partial charge on any atom is -0.267 e. The molecule has 1 aliphatic carbocycles. The highest BCUT2D eigenvalue weighted by molar-refractivity contribution is 7.11. The maximum atomic E-state index is 13.4. The third-order valence-corrected chi connectivity index (χ3v) is 7.47. The maximum Gasteiger partial charge on any atom is 0.274 e. The van der Waals surface area contributed by atoms with Crippen molar-refractivity contribution >= 4 is 52.0 Å². The normalized spacial score (nSPS) is 22.6. The zero-order chi connectivity index (χ0) is 19.8. The van der Waals surface area contributed by atoms with Gasteiger partial charge in [0, 0.05) is 26.3 Å². The molecule has 0 spiro atoms. The van der Waals surface area contributed by atoms with Crippen LogP contribution in [0, 0.1) is 5.92 Å². The lowest BCUT2D eigenvalue weighted by Crippen LogP contribution is -2.31. The molecule has 3 aromatic rings. The quantitative estimate of drug-likeness (QED) is 0.437.